The molecule has 0 saturated carbocycles. The highest BCUT2D eigenvalue weighted by Crippen LogP contribution is 2.03. The Hall–Kier alpha value is -2.45. The van der Waals surface area contributed by atoms with E-state index in [2.05, 4.69) is 25.9 Å². The summed E-state index contributed by atoms with van der Waals surface area (Å²) in [5.74, 6) is -1.46. The Bertz CT molecular complexity index is 408. The molecule has 1 aromatic heterocycles. The van der Waals surface area contributed by atoms with Gasteiger partial charge in [0.2, 0.25) is 0 Å². The fourth-order valence-corrected chi connectivity index (χ4v) is 0.979. The van der Waals surface area contributed by atoms with E-state index >= 15 is 0 Å². The Morgan fingerprint density at radius 3 is 2.33 bits per heavy atom. The highest BCUT2D eigenvalue weighted by molar-refractivity contribution is 6.14. The summed E-state index contributed by atoms with van der Waals surface area (Å²) >= 11 is 0. The highest BCUT2D eigenvalue weighted by atomic mass is 16.6. The van der Waals surface area contributed by atoms with Crippen LogP contribution in [-0.2, 0) is 19.1 Å². The van der Waals surface area contributed by atoms with Crippen molar-refractivity contribution in [2.75, 3.05) is 18.5 Å². The van der Waals surface area contributed by atoms with Gasteiger partial charge in [0.1, 0.15) is 0 Å². The van der Waals surface area contributed by atoms with Gasteiger partial charge in [0.05, 0.1) is 13.2 Å². The van der Waals surface area contributed by atoms with E-state index < -0.39 is 11.9 Å². The Morgan fingerprint density at radius 1 is 1.28 bits per heavy atom. The number of nitrogens with one attached hydrogen (secondary N) is 2. The van der Waals surface area contributed by atoms with Gasteiger partial charge in [-0.1, -0.05) is 5.10 Å². The number of anilines is 1. The predicted molar refractivity (Wildman–Crippen MR) is 59.1 cm³/mol. The summed E-state index contributed by atoms with van der Waals surface area (Å²) in [7, 11) is 0. The van der Waals surface area contributed by atoms with Crippen molar-refractivity contribution < 1.29 is 19.1 Å². The first kappa shape index (κ1) is 13.6. The van der Waals surface area contributed by atoms with Gasteiger partial charge >= 0.3 is 11.9 Å². The monoisotopic (exact) mass is 255 g/mol. The van der Waals surface area contributed by atoms with Crippen molar-refractivity contribution in [1.29, 1.82) is 0 Å². The lowest BCUT2D eigenvalue weighted by atomic mass is 10.3. The van der Waals surface area contributed by atoms with E-state index in [0.717, 1.165) is 6.20 Å². The number of nitrogens with zero attached hydrogens (tertiary/aromatic N) is 3. The number of H-pyrrole nitrogens is 1. The average Bonchev–Trinajstić information content (AvgIpc) is 2.83. The first-order chi connectivity index (χ1) is 8.69. The van der Waals surface area contributed by atoms with Crippen LogP contribution in [-0.4, -0.2) is 45.8 Å². The SMILES string of the molecule is CCOC(=O)C(=CNc1nn[nH]n1)C(=O)OCC. The maximum Gasteiger partial charge on any atom is 0.347 e. The number of carbonyl (C=O) groups excluding carboxylic acids is 2. The summed E-state index contributed by atoms with van der Waals surface area (Å²) in [4.78, 5) is 23.0. The zero-order valence-corrected chi connectivity index (χ0v) is 9.97. The first-order valence-electron chi connectivity index (χ1n) is 5.23. The molecule has 0 fully saturated rings. The molecule has 0 aromatic carbocycles. The first-order valence-corrected chi connectivity index (χ1v) is 5.23. The van der Waals surface area contributed by atoms with Crippen LogP contribution < -0.4 is 5.32 Å². The number of esters is 2. The number of aromatic amines is 1. The van der Waals surface area contributed by atoms with Crippen LogP contribution >= 0.6 is 0 Å². The Kier molecular flexibility index (Phi) is 5.29. The Morgan fingerprint density at radius 2 is 1.89 bits per heavy atom. The molecule has 0 radical (unpaired) electrons. The van der Waals surface area contributed by atoms with Crippen molar-refractivity contribution in [3.63, 3.8) is 0 Å². The van der Waals surface area contributed by atoms with Gasteiger partial charge in [0.15, 0.2) is 5.57 Å². The summed E-state index contributed by atoms with van der Waals surface area (Å²) in [6, 6.07) is 0. The van der Waals surface area contributed by atoms with Gasteiger partial charge in [0, 0.05) is 6.20 Å². The zero-order valence-electron chi connectivity index (χ0n) is 9.97. The van der Waals surface area contributed by atoms with Crippen LogP contribution in [0.25, 0.3) is 0 Å². The molecule has 0 aliphatic rings. The van der Waals surface area contributed by atoms with E-state index in [0.29, 0.717) is 0 Å². The van der Waals surface area contributed by atoms with Crippen LogP contribution in [0.4, 0.5) is 5.95 Å². The van der Waals surface area contributed by atoms with Crippen molar-refractivity contribution in [3.05, 3.63) is 11.8 Å². The van der Waals surface area contributed by atoms with Crippen LogP contribution in [0.5, 0.6) is 0 Å². The molecule has 9 nitrogen and oxygen atoms in total. The third-order valence-electron chi connectivity index (χ3n) is 1.68. The van der Waals surface area contributed by atoms with E-state index in [1.807, 2.05) is 0 Å². The van der Waals surface area contributed by atoms with Crippen molar-refractivity contribution in [2.45, 2.75) is 13.8 Å². The average molecular weight is 255 g/mol. The van der Waals surface area contributed by atoms with Gasteiger partial charge < -0.3 is 14.8 Å². The fraction of sp³-hybridized carbons (Fsp3) is 0.444. The van der Waals surface area contributed by atoms with Crippen molar-refractivity contribution in [2.24, 2.45) is 0 Å². The summed E-state index contributed by atoms with van der Waals surface area (Å²) < 4.78 is 9.46. The summed E-state index contributed by atoms with van der Waals surface area (Å²) in [6.07, 6.45) is 1.11. The summed E-state index contributed by atoms with van der Waals surface area (Å²) in [5.41, 5.74) is -0.275. The van der Waals surface area contributed by atoms with Gasteiger partial charge in [-0.15, -0.1) is 5.10 Å². The maximum atomic E-state index is 11.5. The second-order valence-corrected chi connectivity index (χ2v) is 2.88. The summed E-state index contributed by atoms with van der Waals surface area (Å²) in [6.45, 7) is 3.57. The predicted octanol–water partition coefficient (Wildman–Crippen LogP) is -0.378. The molecule has 18 heavy (non-hydrogen) atoms. The molecule has 0 amide bonds. The number of hydrogen-bond acceptors (Lipinski definition) is 8. The van der Waals surface area contributed by atoms with Crippen LogP contribution in [0.2, 0.25) is 0 Å². The van der Waals surface area contributed by atoms with E-state index in [1.165, 1.54) is 0 Å². The second-order valence-electron chi connectivity index (χ2n) is 2.88. The van der Waals surface area contributed by atoms with Gasteiger partial charge in [-0.2, -0.15) is 5.21 Å². The van der Waals surface area contributed by atoms with Crippen molar-refractivity contribution >= 4 is 17.9 Å². The van der Waals surface area contributed by atoms with Gasteiger partial charge in [-0.25, -0.2) is 9.59 Å². The Balaban J connectivity index is 2.78. The lowest BCUT2D eigenvalue weighted by Gasteiger charge is -2.06. The molecule has 0 saturated heterocycles. The van der Waals surface area contributed by atoms with E-state index in [4.69, 9.17) is 9.47 Å². The Labute approximate surface area is 103 Å². The molecule has 1 aromatic rings. The number of hydrogen-bond donors (Lipinski definition) is 2. The van der Waals surface area contributed by atoms with E-state index in [1.54, 1.807) is 13.8 Å². The number of ether oxygens (including phenoxy) is 2. The second kappa shape index (κ2) is 6.99. The number of rotatable bonds is 6. The standard InChI is InChI=1S/C9H13N5O4/c1-3-17-7(15)6(8(16)18-4-2)5-10-9-11-13-14-12-9/h5H,3-4H2,1-2H3,(H2,10,11,12,13,14). The third kappa shape index (κ3) is 3.85. The van der Waals surface area contributed by atoms with Crippen LogP contribution in [0, 0.1) is 0 Å². The minimum atomic E-state index is -0.785. The number of aromatic nitrogens is 4. The topological polar surface area (TPSA) is 119 Å². The molecule has 9 heteroatoms. The molecule has 0 atom stereocenters. The van der Waals surface area contributed by atoms with Crippen LogP contribution in [0.3, 0.4) is 0 Å². The van der Waals surface area contributed by atoms with E-state index in [9.17, 15) is 9.59 Å². The third-order valence-corrected chi connectivity index (χ3v) is 1.68. The van der Waals surface area contributed by atoms with Gasteiger partial charge in [-0.3, -0.25) is 0 Å². The number of tetrazole rings is 1. The highest BCUT2D eigenvalue weighted by Gasteiger charge is 2.21. The van der Waals surface area contributed by atoms with Gasteiger partial charge in [0.25, 0.3) is 5.95 Å². The molecule has 0 aliphatic heterocycles. The molecule has 1 heterocycles. The molecule has 0 bridgehead atoms. The smallest absolute Gasteiger partial charge is 0.347 e. The zero-order chi connectivity index (χ0) is 13.4. The molecule has 98 valence electrons. The van der Waals surface area contributed by atoms with E-state index in [-0.39, 0.29) is 24.7 Å². The maximum absolute atomic E-state index is 11.5. The molecular formula is C9H13N5O4. The van der Waals surface area contributed by atoms with Crippen LogP contribution in [0.1, 0.15) is 13.8 Å². The summed E-state index contributed by atoms with van der Waals surface area (Å²) in [5, 5.41) is 15.2. The quantitative estimate of drug-likeness (QED) is 0.305. The van der Waals surface area contributed by atoms with Crippen molar-refractivity contribution in [3.8, 4) is 0 Å². The minimum absolute atomic E-state index is 0.112. The molecule has 0 spiro atoms. The lowest BCUT2D eigenvalue weighted by molar-refractivity contribution is -0.146. The fourth-order valence-electron chi connectivity index (χ4n) is 0.979. The molecule has 2 N–H and O–H groups in total. The normalized spacial score (nSPS) is 9.44. The minimum Gasteiger partial charge on any atom is -0.462 e. The molecule has 1 rings (SSSR count). The molecule has 0 aliphatic carbocycles. The number of carbonyl (C=O) groups is 2. The van der Waals surface area contributed by atoms with Crippen molar-refractivity contribution in [1.82, 2.24) is 20.6 Å². The lowest BCUT2D eigenvalue weighted by Crippen LogP contribution is -2.19. The largest absolute Gasteiger partial charge is 0.462 e. The van der Waals surface area contributed by atoms with Gasteiger partial charge in [-0.05, 0) is 19.1 Å². The molecule has 0 unspecified atom stereocenters. The molecular weight excluding hydrogens is 242 g/mol. The van der Waals surface area contributed by atoms with Crippen LogP contribution in [0.15, 0.2) is 11.8 Å².